The number of hydrogen-bond acceptors (Lipinski definition) is 5. The molecule has 0 spiro atoms. The molecular formula is C35H37ClFN3O5S. The van der Waals surface area contributed by atoms with Crippen LogP contribution in [-0.4, -0.2) is 50.4 Å². The number of carbonyl (C=O) groups excluding carboxylic acids is 2. The Morgan fingerprint density at radius 1 is 0.913 bits per heavy atom. The van der Waals surface area contributed by atoms with Crippen LogP contribution in [0.25, 0.3) is 0 Å². The maximum Gasteiger partial charge on any atom is 0.264 e. The molecule has 0 fully saturated rings. The Morgan fingerprint density at radius 2 is 1.57 bits per heavy atom. The standard InChI is InChI=1S/C35H37ClFN3O5S/c1-35(2,3)38-34(42)32(21-25-11-6-5-7-12-25)39(23-26-13-8-9-16-31(26)37)33(41)24-40(28-15-10-14-27(36)22-28)46(43,44)30-19-17-29(45-4)18-20-30/h5-20,22,32H,21,23-24H2,1-4H3,(H,38,42)/t32-/m0/s1. The van der Waals surface area contributed by atoms with Crippen LogP contribution in [0.2, 0.25) is 5.02 Å². The maximum atomic E-state index is 15.1. The van der Waals surface area contributed by atoms with E-state index in [0.717, 1.165) is 9.87 Å². The fraction of sp³-hybridized carbons (Fsp3) is 0.257. The third-order valence-electron chi connectivity index (χ3n) is 7.09. The van der Waals surface area contributed by atoms with Crippen LogP contribution < -0.4 is 14.4 Å². The van der Waals surface area contributed by atoms with Crippen molar-refractivity contribution in [1.29, 1.82) is 0 Å². The number of anilines is 1. The van der Waals surface area contributed by atoms with Gasteiger partial charge in [-0.25, -0.2) is 12.8 Å². The van der Waals surface area contributed by atoms with E-state index < -0.39 is 45.8 Å². The predicted molar refractivity (Wildman–Crippen MR) is 178 cm³/mol. The van der Waals surface area contributed by atoms with Crippen LogP contribution in [0.1, 0.15) is 31.9 Å². The van der Waals surface area contributed by atoms with Gasteiger partial charge in [0, 0.05) is 29.1 Å². The molecule has 0 unspecified atom stereocenters. The van der Waals surface area contributed by atoms with Crippen LogP contribution in [-0.2, 0) is 32.6 Å². The summed E-state index contributed by atoms with van der Waals surface area (Å²) in [4.78, 5) is 29.5. The highest BCUT2D eigenvalue weighted by molar-refractivity contribution is 7.92. The molecule has 46 heavy (non-hydrogen) atoms. The SMILES string of the molecule is COc1ccc(S(=O)(=O)N(CC(=O)N(Cc2ccccc2F)[C@@H](Cc2ccccc2)C(=O)NC(C)(C)C)c2cccc(Cl)c2)cc1. The minimum Gasteiger partial charge on any atom is -0.497 e. The van der Waals surface area contributed by atoms with E-state index in [1.54, 1.807) is 18.2 Å². The van der Waals surface area contributed by atoms with Crippen LogP contribution in [0.4, 0.5) is 10.1 Å². The number of halogens is 2. The summed E-state index contributed by atoms with van der Waals surface area (Å²) in [7, 11) is -2.88. The van der Waals surface area contributed by atoms with E-state index >= 15 is 4.39 Å². The van der Waals surface area contributed by atoms with Crippen molar-refractivity contribution in [3.63, 3.8) is 0 Å². The fourth-order valence-corrected chi connectivity index (χ4v) is 6.44. The Morgan fingerprint density at radius 3 is 2.17 bits per heavy atom. The summed E-state index contributed by atoms with van der Waals surface area (Å²) in [6.45, 7) is 4.46. The van der Waals surface area contributed by atoms with E-state index in [1.807, 2.05) is 51.1 Å². The lowest BCUT2D eigenvalue weighted by Gasteiger charge is -2.35. The highest BCUT2D eigenvalue weighted by atomic mass is 35.5. The first-order valence-electron chi connectivity index (χ1n) is 14.6. The number of hydrogen-bond donors (Lipinski definition) is 1. The van der Waals surface area contributed by atoms with Gasteiger partial charge in [-0.15, -0.1) is 0 Å². The van der Waals surface area contributed by atoms with Gasteiger partial charge in [-0.2, -0.15) is 0 Å². The van der Waals surface area contributed by atoms with Gasteiger partial charge in [0.15, 0.2) is 0 Å². The number of sulfonamides is 1. The van der Waals surface area contributed by atoms with Crippen molar-refractivity contribution >= 4 is 39.1 Å². The van der Waals surface area contributed by atoms with Gasteiger partial charge in [0.1, 0.15) is 24.2 Å². The van der Waals surface area contributed by atoms with Crippen molar-refractivity contribution in [2.24, 2.45) is 0 Å². The Hall–Kier alpha value is -4.41. The minimum absolute atomic E-state index is 0.0898. The molecule has 4 rings (SSSR count). The van der Waals surface area contributed by atoms with Crippen LogP contribution in [0.3, 0.4) is 0 Å². The van der Waals surface area contributed by atoms with Crippen molar-refractivity contribution in [3.8, 4) is 5.75 Å². The van der Waals surface area contributed by atoms with E-state index in [-0.39, 0.29) is 34.1 Å². The highest BCUT2D eigenvalue weighted by Gasteiger charge is 2.36. The summed E-state index contributed by atoms with van der Waals surface area (Å²) < 4.78 is 49.4. The average molecular weight is 666 g/mol. The quantitative estimate of drug-likeness (QED) is 0.193. The Kier molecular flexibility index (Phi) is 11.1. The Bertz CT molecular complexity index is 1760. The molecule has 0 aliphatic heterocycles. The van der Waals surface area contributed by atoms with Crippen LogP contribution >= 0.6 is 11.6 Å². The lowest BCUT2D eigenvalue weighted by atomic mass is 10.0. The zero-order valence-corrected chi connectivity index (χ0v) is 27.7. The first kappa shape index (κ1) is 34.5. The largest absolute Gasteiger partial charge is 0.497 e. The molecule has 2 amide bonds. The molecule has 0 radical (unpaired) electrons. The summed E-state index contributed by atoms with van der Waals surface area (Å²) in [6, 6.07) is 25.9. The Balaban J connectivity index is 1.83. The molecule has 1 atom stereocenters. The molecule has 0 bridgehead atoms. The number of benzene rings is 4. The van der Waals surface area contributed by atoms with Gasteiger partial charge in [-0.1, -0.05) is 66.2 Å². The average Bonchev–Trinajstić information content (AvgIpc) is 3.01. The first-order valence-corrected chi connectivity index (χ1v) is 16.4. The number of nitrogens with zero attached hydrogens (tertiary/aromatic N) is 2. The van der Waals surface area contributed by atoms with E-state index in [4.69, 9.17) is 16.3 Å². The second kappa shape index (κ2) is 14.8. The van der Waals surface area contributed by atoms with Crippen LogP contribution in [0.5, 0.6) is 5.75 Å². The zero-order chi connectivity index (χ0) is 33.5. The Labute approximate surface area is 274 Å². The van der Waals surface area contributed by atoms with E-state index in [0.29, 0.717) is 5.75 Å². The topological polar surface area (TPSA) is 96.0 Å². The second-order valence-corrected chi connectivity index (χ2v) is 14.0. The molecule has 0 aromatic heterocycles. The smallest absolute Gasteiger partial charge is 0.264 e. The molecule has 11 heteroatoms. The number of nitrogens with one attached hydrogen (secondary N) is 1. The molecule has 8 nitrogen and oxygen atoms in total. The molecule has 0 saturated heterocycles. The zero-order valence-electron chi connectivity index (χ0n) is 26.1. The summed E-state index contributed by atoms with van der Waals surface area (Å²) in [5.74, 6) is -1.29. The number of carbonyl (C=O) groups is 2. The van der Waals surface area contributed by atoms with Crippen LogP contribution in [0, 0.1) is 5.82 Å². The molecular weight excluding hydrogens is 629 g/mol. The molecule has 242 valence electrons. The lowest BCUT2D eigenvalue weighted by Crippen LogP contribution is -2.56. The molecule has 0 aliphatic rings. The molecule has 0 aliphatic carbocycles. The van der Waals surface area contributed by atoms with Gasteiger partial charge in [-0.3, -0.25) is 13.9 Å². The second-order valence-electron chi connectivity index (χ2n) is 11.7. The van der Waals surface area contributed by atoms with E-state index in [9.17, 15) is 18.0 Å². The third-order valence-corrected chi connectivity index (χ3v) is 9.11. The monoisotopic (exact) mass is 665 g/mol. The predicted octanol–water partition coefficient (Wildman–Crippen LogP) is 6.24. The summed E-state index contributed by atoms with van der Waals surface area (Å²) in [5, 5.41) is 3.21. The number of methoxy groups -OCH3 is 1. The number of ether oxygens (including phenoxy) is 1. The normalized spacial score (nSPS) is 12.2. The number of amides is 2. The van der Waals surface area contributed by atoms with Crippen molar-refractivity contribution < 1.29 is 27.1 Å². The van der Waals surface area contributed by atoms with Gasteiger partial charge in [0.25, 0.3) is 10.0 Å². The van der Waals surface area contributed by atoms with Gasteiger partial charge in [0.05, 0.1) is 17.7 Å². The maximum absolute atomic E-state index is 15.1. The first-order chi connectivity index (χ1) is 21.8. The molecule has 1 N–H and O–H groups in total. The van der Waals surface area contributed by atoms with Crippen molar-refractivity contribution in [3.05, 3.63) is 125 Å². The fourth-order valence-electron chi connectivity index (χ4n) is 4.85. The molecule has 0 saturated carbocycles. The van der Waals surface area contributed by atoms with E-state index in [2.05, 4.69) is 5.32 Å². The number of rotatable bonds is 12. The minimum atomic E-state index is -4.34. The molecule has 0 heterocycles. The van der Waals surface area contributed by atoms with Crippen LogP contribution in [0.15, 0.2) is 108 Å². The lowest BCUT2D eigenvalue weighted by molar-refractivity contribution is -0.140. The summed E-state index contributed by atoms with van der Waals surface area (Å²) in [6.07, 6.45) is 0.103. The van der Waals surface area contributed by atoms with Crippen molar-refractivity contribution in [1.82, 2.24) is 10.2 Å². The van der Waals surface area contributed by atoms with Gasteiger partial charge < -0.3 is 15.0 Å². The van der Waals surface area contributed by atoms with Gasteiger partial charge >= 0.3 is 0 Å². The molecule has 4 aromatic carbocycles. The highest BCUT2D eigenvalue weighted by Crippen LogP contribution is 2.28. The summed E-state index contributed by atoms with van der Waals surface area (Å²) >= 11 is 6.26. The van der Waals surface area contributed by atoms with Crippen molar-refractivity contribution in [2.45, 2.75) is 50.2 Å². The summed E-state index contributed by atoms with van der Waals surface area (Å²) in [5.41, 5.74) is 0.426. The van der Waals surface area contributed by atoms with Crippen molar-refractivity contribution in [2.75, 3.05) is 18.0 Å². The van der Waals surface area contributed by atoms with Gasteiger partial charge in [-0.05, 0) is 74.9 Å². The van der Waals surface area contributed by atoms with E-state index in [1.165, 1.54) is 66.6 Å². The van der Waals surface area contributed by atoms with Gasteiger partial charge in [0.2, 0.25) is 11.8 Å². The molecule has 4 aromatic rings. The third kappa shape index (κ3) is 8.86.